The summed E-state index contributed by atoms with van der Waals surface area (Å²) < 4.78 is 1.70. The summed E-state index contributed by atoms with van der Waals surface area (Å²) in [5.41, 5.74) is 1.72. The van der Waals surface area contributed by atoms with E-state index in [1.165, 1.54) is 0 Å². The standard InChI is InChI=1S/C9H10N2O.C2H6/c1-6-3-7-5-11(2)10-9(7)8(12)4-6;1-2/h3-5,12H,1-2H3;1-2H3. The third kappa shape index (κ3) is 1.87. The van der Waals surface area contributed by atoms with Gasteiger partial charge in [-0.05, 0) is 24.6 Å². The average Bonchev–Trinajstić information content (AvgIpc) is 2.49. The van der Waals surface area contributed by atoms with E-state index in [0.29, 0.717) is 5.52 Å². The van der Waals surface area contributed by atoms with E-state index >= 15 is 0 Å². The zero-order valence-corrected chi connectivity index (χ0v) is 9.07. The normalized spacial score (nSPS) is 9.71. The second kappa shape index (κ2) is 4.13. The van der Waals surface area contributed by atoms with Gasteiger partial charge in [0.15, 0.2) is 0 Å². The lowest BCUT2D eigenvalue weighted by molar-refractivity contribution is 0.479. The minimum atomic E-state index is 0.255. The molecule has 14 heavy (non-hydrogen) atoms. The number of aromatic hydroxyl groups is 1. The van der Waals surface area contributed by atoms with Crippen LogP contribution >= 0.6 is 0 Å². The van der Waals surface area contributed by atoms with E-state index in [0.717, 1.165) is 10.9 Å². The van der Waals surface area contributed by atoms with Gasteiger partial charge in [0.2, 0.25) is 0 Å². The molecule has 0 aliphatic rings. The maximum absolute atomic E-state index is 9.49. The lowest BCUT2D eigenvalue weighted by atomic mass is 10.2. The van der Waals surface area contributed by atoms with Crippen molar-refractivity contribution < 1.29 is 5.11 Å². The van der Waals surface area contributed by atoms with Gasteiger partial charge in [-0.25, -0.2) is 0 Å². The highest BCUT2D eigenvalue weighted by Crippen LogP contribution is 2.24. The highest BCUT2D eigenvalue weighted by molar-refractivity contribution is 5.84. The van der Waals surface area contributed by atoms with Crippen molar-refractivity contribution in [3.63, 3.8) is 0 Å². The highest BCUT2D eigenvalue weighted by Gasteiger charge is 2.03. The Morgan fingerprint density at radius 1 is 1.29 bits per heavy atom. The third-order valence-electron chi connectivity index (χ3n) is 1.85. The van der Waals surface area contributed by atoms with Crippen molar-refractivity contribution in [2.75, 3.05) is 0 Å². The Morgan fingerprint density at radius 2 is 1.93 bits per heavy atom. The van der Waals surface area contributed by atoms with Gasteiger partial charge in [0.1, 0.15) is 11.3 Å². The number of phenolic OH excluding ortho intramolecular Hbond substituents is 1. The fraction of sp³-hybridized carbons (Fsp3) is 0.364. The first kappa shape index (κ1) is 10.6. The fourth-order valence-corrected chi connectivity index (χ4v) is 1.38. The molecule has 0 amide bonds. The molecule has 0 aliphatic heterocycles. The molecule has 0 bridgehead atoms. The van der Waals surface area contributed by atoms with Crippen LogP contribution in [0.5, 0.6) is 5.75 Å². The van der Waals surface area contributed by atoms with E-state index in [2.05, 4.69) is 5.10 Å². The molecule has 2 aromatic rings. The van der Waals surface area contributed by atoms with Crippen molar-refractivity contribution in [2.24, 2.45) is 7.05 Å². The number of rotatable bonds is 0. The number of aromatic nitrogens is 2. The average molecular weight is 192 g/mol. The molecule has 3 nitrogen and oxygen atoms in total. The summed E-state index contributed by atoms with van der Waals surface area (Å²) in [6.07, 6.45) is 1.89. The smallest absolute Gasteiger partial charge is 0.143 e. The monoisotopic (exact) mass is 192 g/mol. The molecular weight excluding hydrogens is 176 g/mol. The lowest BCUT2D eigenvalue weighted by Gasteiger charge is -1.94. The largest absolute Gasteiger partial charge is 0.506 e. The van der Waals surface area contributed by atoms with Crippen molar-refractivity contribution in [2.45, 2.75) is 20.8 Å². The van der Waals surface area contributed by atoms with Crippen LogP contribution in [0.15, 0.2) is 18.3 Å². The molecule has 3 heteroatoms. The fourth-order valence-electron chi connectivity index (χ4n) is 1.38. The van der Waals surface area contributed by atoms with E-state index in [-0.39, 0.29) is 5.75 Å². The van der Waals surface area contributed by atoms with Crippen molar-refractivity contribution in [3.05, 3.63) is 23.9 Å². The molecule has 1 aromatic heterocycles. The van der Waals surface area contributed by atoms with E-state index in [1.807, 2.05) is 40.1 Å². The van der Waals surface area contributed by atoms with Gasteiger partial charge in [-0.1, -0.05) is 13.8 Å². The maximum Gasteiger partial charge on any atom is 0.143 e. The van der Waals surface area contributed by atoms with Gasteiger partial charge in [-0.3, -0.25) is 4.68 Å². The van der Waals surface area contributed by atoms with Crippen molar-refractivity contribution in [1.29, 1.82) is 0 Å². The predicted molar refractivity (Wildman–Crippen MR) is 58.5 cm³/mol. The van der Waals surface area contributed by atoms with Crippen LogP contribution in [0.4, 0.5) is 0 Å². The van der Waals surface area contributed by atoms with E-state index in [9.17, 15) is 5.11 Å². The number of phenols is 1. The topological polar surface area (TPSA) is 38.1 Å². The van der Waals surface area contributed by atoms with Crippen molar-refractivity contribution >= 4 is 10.9 Å². The number of benzene rings is 1. The number of fused-ring (bicyclic) bond motifs is 1. The summed E-state index contributed by atoms with van der Waals surface area (Å²) in [4.78, 5) is 0. The Labute approximate surface area is 84.0 Å². The number of aryl methyl sites for hydroxylation is 2. The first-order valence-corrected chi connectivity index (χ1v) is 4.80. The summed E-state index contributed by atoms with van der Waals surface area (Å²) >= 11 is 0. The first-order chi connectivity index (χ1) is 6.66. The third-order valence-corrected chi connectivity index (χ3v) is 1.85. The van der Waals surface area contributed by atoms with Crippen LogP contribution in [0, 0.1) is 6.92 Å². The molecule has 1 N–H and O–H groups in total. The molecule has 1 aromatic carbocycles. The molecule has 0 radical (unpaired) electrons. The molecule has 76 valence electrons. The Hall–Kier alpha value is -1.51. The van der Waals surface area contributed by atoms with E-state index in [1.54, 1.807) is 10.7 Å². The zero-order valence-electron chi connectivity index (χ0n) is 9.07. The van der Waals surface area contributed by atoms with Crippen LogP contribution in [0.3, 0.4) is 0 Å². The van der Waals surface area contributed by atoms with Crippen LogP contribution in [0.1, 0.15) is 19.4 Å². The van der Waals surface area contributed by atoms with Gasteiger partial charge in [-0.2, -0.15) is 5.10 Å². The second-order valence-electron chi connectivity index (χ2n) is 3.02. The zero-order chi connectivity index (χ0) is 10.7. The van der Waals surface area contributed by atoms with Gasteiger partial charge in [-0.15, -0.1) is 0 Å². The van der Waals surface area contributed by atoms with Crippen LogP contribution in [-0.4, -0.2) is 14.9 Å². The summed E-state index contributed by atoms with van der Waals surface area (Å²) in [6, 6.07) is 3.72. The molecule has 0 saturated carbocycles. The molecule has 0 spiro atoms. The molecule has 2 rings (SSSR count). The van der Waals surface area contributed by atoms with Gasteiger partial charge < -0.3 is 5.11 Å². The second-order valence-corrected chi connectivity index (χ2v) is 3.02. The predicted octanol–water partition coefficient (Wildman–Crippen LogP) is 2.61. The molecule has 0 aliphatic carbocycles. The minimum absolute atomic E-state index is 0.255. The molecule has 0 unspecified atom stereocenters. The van der Waals surface area contributed by atoms with E-state index < -0.39 is 0 Å². The van der Waals surface area contributed by atoms with Gasteiger partial charge in [0.05, 0.1) is 0 Å². The van der Waals surface area contributed by atoms with E-state index in [4.69, 9.17) is 0 Å². The van der Waals surface area contributed by atoms with Gasteiger partial charge in [0.25, 0.3) is 0 Å². The summed E-state index contributed by atoms with van der Waals surface area (Å²) in [5.74, 6) is 0.255. The van der Waals surface area contributed by atoms with Crippen molar-refractivity contribution in [3.8, 4) is 5.75 Å². The Balaban J connectivity index is 0.000000461. The maximum atomic E-state index is 9.49. The van der Waals surface area contributed by atoms with Crippen LogP contribution in [0.25, 0.3) is 10.9 Å². The molecule has 0 saturated heterocycles. The molecule has 0 atom stereocenters. The molecule has 0 fully saturated rings. The van der Waals surface area contributed by atoms with Crippen molar-refractivity contribution in [1.82, 2.24) is 9.78 Å². The van der Waals surface area contributed by atoms with Gasteiger partial charge in [0, 0.05) is 18.6 Å². The van der Waals surface area contributed by atoms with Crippen LogP contribution < -0.4 is 0 Å². The molecular formula is C11H16N2O. The summed E-state index contributed by atoms with van der Waals surface area (Å²) in [5, 5.41) is 14.6. The number of hydrogen-bond donors (Lipinski definition) is 1. The Kier molecular flexibility index (Phi) is 3.12. The Bertz CT molecular complexity index is 432. The van der Waals surface area contributed by atoms with Crippen LogP contribution in [0.2, 0.25) is 0 Å². The molecule has 1 heterocycles. The minimum Gasteiger partial charge on any atom is -0.506 e. The Morgan fingerprint density at radius 3 is 2.57 bits per heavy atom. The highest BCUT2D eigenvalue weighted by atomic mass is 16.3. The quantitative estimate of drug-likeness (QED) is 0.696. The first-order valence-electron chi connectivity index (χ1n) is 4.80. The van der Waals surface area contributed by atoms with Gasteiger partial charge >= 0.3 is 0 Å². The SMILES string of the molecule is CC.Cc1cc(O)c2nn(C)cc2c1. The lowest BCUT2D eigenvalue weighted by Crippen LogP contribution is -1.84. The summed E-state index contributed by atoms with van der Waals surface area (Å²) in [6.45, 7) is 5.95. The number of nitrogens with zero attached hydrogens (tertiary/aromatic N) is 2. The van der Waals surface area contributed by atoms with Crippen LogP contribution in [-0.2, 0) is 7.05 Å². The number of hydrogen-bond acceptors (Lipinski definition) is 2. The summed E-state index contributed by atoms with van der Waals surface area (Å²) in [7, 11) is 1.84.